The van der Waals surface area contributed by atoms with E-state index < -0.39 is 6.10 Å². The van der Waals surface area contributed by atoms with Crippen molar-refractivity contribution < 1.29 is 14.6 Å². The quantitative estimate of drug-likeness (QED) is 0.902. The first-order valence-corrected chi connectivity index (χ1v) is 7.06. The van der Waals surface area contributed by atoms with Crippen molar-refractivity contribution in [3.63, 3.8) is 0 Å². The summed E-state index contributed by atoms with van der Waals surface area (Å²) < 4.78 is 11.3. The van der Waals surface area contributed by atoms with Gasteiger partial charge >= 0.3 is 0 Å². The Morgan fingerprint density at radius 2 is 2.21 bits per heavy atom. The van der Waals surface area contributed by atoms with Gasteiger partial charge < -0.3 is 19.5 Å². The third-order valence-electron chi connectivity index (χ3n) is 3.82. The van der Waals surface area contributed by atoms with Gasteiger partial charge in [-0.1, -0.05) is 6.07 Å². The van der Waals surface area contributed by atoms with E-state index in [1.165, 1.54) is 19.5 Å². The molecule has 1 N–H and O–H groups in total. The average molecular weight is 263 g/mol. The van der Waals surface area contributed by atoms with E-state index in [4.69, 9.17) is 9.47 Å². The van der Waals surface area contributed by atoms with E-state index >= 15 is 0 Å². The Balaban J connectivity index is 1.64. The number of hydrogen-bond donors (Lipinski definition) is 1. The molecule has 1 saturated heterocycles. The lowest BCUT2D eigenvalue weighted by atomic mass is 10.0. The molecule has 4 heteroatoms. The fourth-order valence-electron chi connectivity index (χ4n) is 2.48. The smallest absolute Gasteiger partial charge is 0.162 e. The summed E-state index contributed by atoms with van der Waals surface area (Å²) in [6.07, 6.45) is 1.71. The van der Waals surface area contributed by atoms with Crippen LogP contribution in [0.5, 0.6) is 11.5 Å². The topological polar surface area (TPSA) is 41.9 Å². The van der Waals surface area contributed by atoms with Crippen LogP contribution in [0.2, 0.25) is 0 Å². The number of aliphatic hydroxyl groups excluding tert-OH is 1. The average Bonchev–Trinajstić information content (AvgIpc) is 2.35. The molecule has 2 aliphatic heterocycles. The third kappa shape index (κ3) is 2.85. The van der Waals surface area contributed by atoms with Crippen LogP contribution in [0, 0.1) is 0 Å². The molecule has 1 unspecified atom stereocenters. The van der Waals surface area contributed by atoms with Crippen molar-refractivity contribution in [3.05, 3.63) is 23.8 Å². The summed E-state index contributed by atoms with van der Waals surface area (Å²) in [5, 5.41) is 10.2. The summed E-state index contributed by atoms with van der Waals surface area (Å²) in [5.74, 6) is 1.52. The Kier molecular flexibility index (Phi) is 3.62. The van der Waals surface area contributed by atoms with Gasteiger partial charge in [0.1, 0.15) is 12.7 Å². The molecule has 1 fully saturated rings. The van der Waals surface area contributed by atoms with Crippen LogP contribution in [0.1, 0.15) is 31.4 Å². The zero-order valence-electron chi connectivity index (χ0n) is 11.3. The van der Waals surface area contributed by atoms with E-state index in [1.807, 2.05) is 25.1 Å². The molecule has 0 bridgehead atoms. The second-order valence-electron chi connectivity index (χ2n) is 5.45. The highest BCUT2D eigenvalue weighted by atomic mass is 16.6. The summed E-state index contributed by atoms with van der Waals surface area (Å²) in [6, 6.07) is 5.73. The monoisotopic (exact) mass is 263 g/mol. The lowest BCUT2D eigenvalue weighted by Crippen LogP contribution is -2.38. The lowest BCUT2D eigenvalue weighted by molar-refractivity contribution is 0.101. The van der Waals surface area contributed by atoms with Crippen LogP contribution in [0.3, 0.4) is 0 Å². The van der Waals surface area contributed by atoms with Crippen molar-refractivity contribution in [1.82, 2.24) is 4.90 Å². The second kappa shape index (κ2) is 5.39. The van der Waals surface area contributed by atoms with Crippen LogP contribution < -0.4 is 9.47 Å². The molecule has 19 heavy (non-hydrogen) atoms. The Bertz CT molecular complexity index is 445. The van der Waals surface area contributed by atoms with Crippen LogP contribution in [0.25, 0.3) is 0 Å². The molecule has 104 valence electrons. The van der Waals surface area contributed by atoms with Gasteiger partial charge in [0.2, 0.25) is 0 Å². The maximum atomic E-state index is 10.2. The minimum absolute atomic E-state index is 0.0704. The summed E-state index contributed by atoms with van der Waals surface area (Å²) in [5.41, 5.74) is 0.914. The molecule has 0 radical (unpaired) electrons. The normalized spacial score (nSPS) is 23.8. The molecule has 0 saturated carbocycles. The molecule has 0 aliphatic carbocycles. The fraction of sp³-hybridized carbons (Fsp3) is 0.600. The van der Waals surface area contributed by atoms with Crippen LogP contribution in [0.15, 0.2) is 18.2 Å². The van der Waals surface area contributed by atoms with Crippen LogP contribution in [-0.4, -0.2) is 42.4 Å². The van der Waals surface area contributed by atoms with E-state index in [0.717, 1.165) is 30.0 Å². The third-order valence-corrected chi connectivity index (χ3v) is 3.82. The van der Waals surface area contributed by atoms with Crippen molar-refractivity contribution >= 4 is 0 Å². The van der Waals surface area contributed by atoms with E-state index in [1.54, 1.807) is 0 Å². The van der Waals surface area contributed by atoms with Crippen molar-refractivity contribution in [2.24, 2.45) is 0 Å². The molecule has 2 heterocycles. The standard InChI is InChI=1S/C15H21NO3/c1-11-10-18-14-4-3-12(9-15(14)19-11)13(17)5-8-16-6-2-7-16/h3-4,9,11,13,17H,2,5-8,10H2,1H3/t11-,13?/m0/s1. The number of ether oxygens (including phenoxy) is 2. The highest BCUT2D eigenvalue weighted by molar-refractivity contribution is 5.44. The van der Waals surface area contributed by atoms with Gasteiger partial charge in [-0.25, -0.2) is 0 Å². The number of fused-ring (bicyclic) bond motifs is 1. The largest absolute Gasteiger partial charge is 0.486 e. The van der Waals surface area contributed by atoms with E-state index in [-0.39, 0.29) is 6.10 Å². The summed E-state index contributed by atoms with van der Waals surface area (Å²) in [7, 11) is 0. The van der Waals surface area contributed by atoms with Gasteiger partial charge in [0.05, 0.1) is 6.10 Å². The van der Waals surface area contributed by atoms with Crippen LogP contribution >= 0.6 is 0 Å². The number of hydrogen-bond acceptors (Lipinski definition) is 4. The highest BCUT2D eigenvalue weighted by Crippen LogP contribution is 2.34. The highest BCUT2D eigenvalue weighted by Gasteiger charge is 2.20. The molecule has 0 spiro atoms. The molecule has 0 aromatic heterocycles. The Morgan fingerprint density at radius 1 is 1.37 bits per heavy atom. The van der Waals surface area contributed by atoms with Crippen molar-refractivity contribution in [3.8, 4) is 11.5 Å². The number of aliphatic hydroxyl groups is 1. The predicted molar refractivity (Wildman–Crippen MR) is 72.7 cm³/mol. The number of benzene rings is 1. The maximum Gasteiger partial charge on any atom is 0.162 e. The van der Waals surface area contributed by atoms with Gasteiger partial charge in [-0.15, -0.1) is 0 Å². The fourth-order valence-corrected chi connectivity index (χ4v) is 2.48. The lowest BCUT2D eigenvalue weighted by Gasteiger charge is -2.31. The number of nitrogens with zero attached hydrogens (tertiary/aromatic N) is 1. The van der Waals surface area contributed by atoms with E-state index in [2.05, 4.69) is 4.90 Å². The first kappa shape index (κ1) is 12.8. The van der Waals surface area contributed by atoms with Gasteiger partial charge in [-0.05, 0) is 50.6 Å². The summed E-state index contributed by atoms with van der Waals surface area (Å²) in [4.78, 5) is 2.36. The van der Waals surface area contributed by atoms with Crippen LogP contribution in [0.4, 0.5) is 0 Å². The van der Waals surface area contributed by atoms with Crippen molar-refractivity contribution in [2.45, 2.75) is 32.0 Å². The molecule has 2 aliphatic rings. The molecule has 2 atom stereocenters. The number of rotatable bonds is 4. The molecule has 0 amide bonds. The summed E-state index contributed by atoms with van der Waals surface area (Å²) in [6.45, 7) is 5.88. The maximum absolute atomic E-state index is 10.2. The van der Waals surface area contributed by atoms with Gasteiger partial charge in [-0.2, -0.15) is 0 Å². The minimum atomic E-state index is -0.424. The van der Waals surface area contributed by atoms with E-state index in [9.17, 15) is 5.11 Å². The minimum Gasteiger partial charge on any atom is -0.486 e. The van der Waals surface area contributed by atoms with Gasteiger partial charge in [0.15, 0.2) is 11.5 Å². The van der Waals surface area contributed by atoms with Gasteiger partial charge in [-0.3, -0.25) is 0 Å². The predicted octanol–water partition coefficient (Wildman–Crippen LogP) is 1.98. The molecule has 1 aromatic rings. The van der Waals surface area contributed by atoms with Crippen molar-refractivity contribution in [1.29, 1.82) is 0 Å². The van der Waals surface area contributed by atoms with E-state index in [0.29, 0.717) is 6.61 Å². The van der Waals surface area contributed by atoms with Crippen LogP contribution in [-0.2, 0) is 0 Å². The second-order valence-corrected chi connectivity index (χ2v) is 5.45. The van der Waals surface area contributed by atoms with Gasteiger partial charge in [0, 0.05) is 6.54 Å². The first-order valence-electron chi connectivity index (χ1n) is 7.06. The Morgan fingerprint density at radius 3 is 2.95 bits per heavy atom. The Hall–Kier alpha value is -1.26. The molecule has 4 nitrogen and oxygen atoms in total. The van der Waals surface area contributed by atoms with Crippen molar-refractivity contribution in [2.75, 3.05) is 26.2 Å². The summed E-state index contributed by atoms with van der Waals surface area (Å²) >= 11 is 0. The van der Waals surface area contributed by atoms with Gasteiger partial charge in [0.25, 0.3) is 0 Å². The SMILES string of the molecule is C[C@H]1COc2ccc(C(O)CCN3CCC3)cc2O1. The first-order chi connectivity index (χ1) is 9.22. The zero-order valence-corrected chi connectivity index (χ0v) is 11.3. The zero-order chi connectivity index (χ0) is 13.2. The molecule has 1 aromatic carbocycles. The Labute approximate surface area is 113 Å². The number of likely N-dealkylation sites (tertiary alicyclic amines) is 1. The molecular weight excluding hydrogens is 242 g/mol. The molecule has 3 rings (SSSR count). The molecular formula is C15H21NO3.